The largest absolute Gasteiger partial charge is 0.456 e. The lowest BCUT2D eigenvalue weighted by atomic mass is 9.63. The van der Waals surface area contributed by atoms with Gasteiger partial charge in [-0.2, -0.15) is 0 Å². The van der Waals surface area contributed by atoms with E-state index in [1.54, 1.807) is 0 Å². The minimum atomic E-state index is 0.0319. The van der Waals surface area contributed by atoms with Gasteiger partial charge in [-0.1, -0.05) is 45.9 Å². The molecular formula is C19H22O2. The van der Waals surface area contributed by atoms with E-state index in [2.05, 4.69) is 33.8 Å². The molecule has 0 saturated carbocycles. The number of fused-ring (bicyclic) bond motifs is 2. The molecule has 110 valence electrons. The molecule has 1 aliphatic carbocycles. The van der Waals surface area contributed by atoms with E-state index >= 15 is 0 Å². The van der Waals surface area contributed by atoms with Gasteiger partial charge in [0.15, 0.2) is 5.43 Å². The zero-order valence-electron chi connectivity index (χ0n) is 13.1. The van der Waals surface area contributed by atoms with Crippen molar-refractivity contribution in [1.82, 2.24) is 0 Å². The Morgan fingerprint density at radius 2 is 1.76 bits per heavy atom. The van der Waals surface area contributed by atoms with E-state index in [-0.39, 0.29) is 10.8 Å². The Morgan fingerprint density at radius 3 is 2.43 bits per heavy atom. The minimum absolute atomic E-state index is 0.0319. The van der Waals surface area contributed by atoms with Crippen LogP contribution in [0, 0.1) is 17.3 Å². The number of allylic oxidation sites excluding steroid dienone is 1. The van der Waals surface area contributed by atoms with Gasteiger partial charge in [-0.05, 0) is 41.9 Å². The van der Waals surface area contributed by atoms with Crippen LogP contribution < -0.4 is 5.43 Å². The molecule has 2 nitrogen and oxygen atoms in total. The number of hydrogen-bond donors (Lipinski definition) is 0. The summed E-state index contributed by atoms with van der Waals surface area (Å²) in [6.45, 7) is 8.94. The van der Waals surface area contributed by atoms with Gasteiger partial charge in [0.25, 0.3) is 0 Å². The van der Waals surface area contributed by atoms with Crippen LogP contribution in [0.1, 0.15) is 39.0 Å². The van der Waals surface area contributed by atoms with Gasteiger partial charge < -0.3 is 4.42 Å². The Balaban J connectivity index is 2.24. The monoisotopic (exact) mass is 282 g/mol. The van der Waals surface area contributed by atoms with Gasteiger partial charge in [-0.3, -0.25) is 4.79 Å². The molecule has 0 fully saturated rings. The molecule has 0 atom stereocenters. The van der Waals surface area contributed by atoms with Gasteiger partial charge in [0.05, 0.1) is 5.39 Å². The predicted octanol–water partition coefficient (Wildman–Crippen LogP) is 4.66. The molecule has 0 spiro atoms. The van der Waals surface area contributed by atoms with Crippen LogP contribution in [0.5, 0.6) is 0 Å². The standard InChI is InChI=1S/C19H22O2/c1-12(2)19(13(3)4)10-9-17-15(11-19)18(20)14-7-5-6-8-16(14)21-17/h5-10,12-13H,11H2,1-4H3. The maximum absolute atomic E-state index is 12.8. The molecule has 0 radical (unpaired) electrons. The van der Waals surface area contributed by atoms with E-state index in [4.69, 9.17) is 4.42 Å². The Kier molecular flexibility index (Phi) is 3.27. The molecular weight excluding hydrogens is 260 g/mol. The lowest BCUT2D eigenvalue weighted by Crippen LogP contribution is -2.37. The summed E-state index contributed by atoms with van der Waals surface area (Å²) < 4.78 is 5.93. The summed E-state index contributed by atoms with van der Waals surface area (Å²) in [6.07, 6.45) is 5.02. The third-order valence-electron chi connectivity index (χ3n) is 5.10. The summed E-state index contributed by atoms with van der Waals surface area (Å²) in [6, 6.07) is 7.50. The summed E-state index contributed by atoms with van der Waals surface area (Å²) in [5.74, 6) is 1.69. The second kappa shape index (κ2) is 4.87. The van der Waals surface area contributed by atoms with E-state index in [1.807, 2.05) is 30.3 Å². The molecule has 0 bridgehead atoms. The summed E-state index contributed by atoms with van der Waals surface area (Å²) in [4.78, 5) is 12.8. The molecule has 0 aliphatic heterocycles. The van der Waals surface area contributed by atoms with Gasteiger partial charge in [-0.15, -0.1) is 0 Å². The molecule has 1 aromatic heterocycles. The molecule has 2 heteroatoms. The Morgan fingerprint density at radius 1 is 1.10 bits per heavy atom. The summed E-state index contributed by atoms with van der Waals surface area (Å²) in [7, 11) is 0. The average Bonchev–Trinajstić information content (AvgIpc) is 2.47. The van der Waals surface area contributed by atoms with Crippen molar-refractivity contribution in [2.24, 2.45) is 17.3 Å². The second-order valence-corrected chi connectivity index (χ2v) is 6.70. The van der Waals surface area contributed by atoms with Gasteiger partial charge in [0.2, 0.25) is 0 Å². The number of benzene rings is 1. The highest BCUT2D eigenvalue weighted by Gasteiger charge is 2.38. The minimum Gasteiger partial charge on any atom is -0.456 e. The summed E-state index contributed by atoms with van der Waals surface area (Å²) in [5, 5.41) is 0.688. The maximum Gasteiger partial charge on any atom is 0.196 e. The first-order chi connectivity index (χ1) is 9.95. The van der Waals surface area contributed by atoms with Crippen molar-refractivity contribution >= 4 is 17.0 Å². The first-order valence-corrected chi connectivity index (χ1v) is 7.69. The van der Waals surface area contributed by atoms with Crippen LogP contribution in [-0.4, -0.2) is 0 Å². The average molecular weight is 282 g/mol. The van der Waals surface area contributed by atoms with Crippen molar-refractivity contribution in [2.75, 3.05) is 0 Å². The molecule has 1 heterocycles. The van der Waals surface area contributed by atoms with E-state index in [1.165, 1.54) is 0 Å². The highest BCUT2D eigenvalue weighted by molar-refractivity contribution is 5.78. The quantitative estimate of drug-likeness (QED) is 0.802. The van der Waals surface area contributed by atoms with Crippen LogP contribution in [0.25, 0.3) is 17.0 Å². The topological polar surface area (TPSA) is 30.2 Å². The SMILES string of the molecule is CC(C)C1(C(C)C)C=Cc2oc3ccccc3c(=O)c2C1. The van der Waals surface area contributed by atoms with Crippen molar-refractivity contribution in [3.05, 3.63) is 51.9 Å². The predicted molar refractivity (Wildman–Crippen MR) is 87.3 cm³/mol. The first kappa shape index (κ1) is 14.1. The van der Waals surface area contributed by atoms with Crippen molar-refractivity contribution < 1.29 is 4.42 Å². The van der Waals surface area contributed by atoms with Crippen molar-refractivity contribution in [3.63, 3.8) is 0 Å². The van der Waals surface area contributed by atoms with Crippen molar-refractivity contribution in [2.45, 2.75) is 34.1 Å². The van der Waals surface area contributed by atoms with Gasteiger partial charge >= 0.3 is 0 Å². The van der Waals surface area contributed by atoms with Crippen LogP contribution in [0.3, 0.4) is 0 Å². The van der Waals surface area contributed by atoms with Gasteiger partial charge in [0.1, 0.15) is 11.3 Å². The molecule has 0 amide bonds. The fourth-order valence-electron chi connectivity index (χ4n) is 3.56. The highest BCUT2D eigenvalue weighted by atomic mass is 16.3. The van der Waals surface area contributed by atoms with Crippen LogP contribution in [0.15, 0.2) is 39.6 Å². The third-order valence-corrected chi connectivity index (χ3v) is 5.10. The zero-order valence-corrected chi connectivity index (χ0v) is 13.1. The fourth-order valence-corrected chi connectivity index (χ4v) is 3.56. The maximum atomic E-state index is 12.8. The van der Waals surface area contributed by atoms with Crippen LogP contribution in [-0.2, 0) is 6.42 Å². The second-order valence-electron chi connectivity index (χ2n) is 6.70. The molecule has 1 aliphatic rings. The lowest BCUT2D eigenvalue weighted by Gasteiger charge is -2.41. The van der Waals surface area contributed by atoms with E-state index in [0.717, 1.165) is 17.7 Å². The molecule has 2 aromatic rings. The summed E-state index contributed by atoms with van der Waals surface area (Å²) >= 11 is 0. The van der Waals surface area contributed by atoms with Crippen LogP contribution in [0.4, 0.5) is 0 Å². The van der Waals surface area contributed by atoms with E-state index in [0.29, 0.717) is 22.8 Å². The molecule has 1 aromatic carbocycles. The first-order valence-electron chi connectivity index (χ1n) is 7.69. The number of rotatable bonds is 2. The number of hydrogen-bond acceptors (Lipinski definition) is 2. The molecule has 21 heavy (non-hydrogen) atoms. The van der Waals surface area contributed by atoms with E-state index in [9.17, 15) is 4.79 Å². The fraction of sp³-hybridized carbons (Fsp3) is 0.421. The normalized spacial score (nSPS) is 16.7. The van der Waals surface area contributed by atoms with Crippen molar-refractivity contribution in [1.29, 1.82) is 0 Å². The van der Waals surface area contributed by atoms with Crippen LogP contribution >= 0.6 is 0 Å². The summed E-state index contributed by atoms with van der Waals surface area (Å²) in [5.41, 5.74) is 1.66. The highest BCUT2D eigenvalue weighted by Crippen LogP contribution is 2.44. The Labute approximate surface area is 125 Å². The molecule has 0 unspecified atom stereocenters. The zero-order chi connectivity index (χ0) is 15.2. The molecule has 3 rings (SSSR count). The lowest BCUT2D eigenvalue weighted by molar-refractivity contribution is 0.175. The Bertz CT molecular complexity index is 755. The van der Waals surface area contributed by atoms with E-state index < -0.39 is 0 Å². The Hall–Kier alpha value is -1.83. The van der Waals surface area contributed by atoms with Crippen molar-refractivity contribution in [3.8, 4) is 0 Å². The molecule has 0 N–H and O–H groups in total. The number of para-hydroxylation sites is 1. The third kappa shape index (κ3) is 2.05. The smallest absolute Gasteiger partial charge is 0.196 e. The van der Waals surface area contributed by atoms with Gasteiger partial charge in [0, 0.05) is 5.56 Å². The van der Waals surface area contributed by atoms with Crippen LogP contribution in [0.2, 0.25) is 0 Å². The van der Waals surface area contributed by atoms with Gasteiger partial charge in [-0.25, -0.2) is 0 Å². The molecule has 0 saturated heterocycles.